The molecule has 0 spiro atoms. The first kappa shape index (κ1) is 18.3. The zero-order valence-corrected chi connectivity index (χ0v) is 15.2. The van der Waals surface area contributed by atoms with Gasteiger partial charge in [-0.1, -0.05) is 37.7 Å². The van der Waals surface area contributed by atoms with Crippen LogP contribution in [0.4, 0.5) is 0 Å². The van der Waals surface area contributed by atoms with Gasteiger partial charge in [0.1, 0.15) is 5.75 Å². The quantitative estimate of drug-likeness (QED) is 0.734. The topological polar surface area (TPSA) is 81.9 Å². The molecule has 1 amide bonds. The summed E-state index contributed by atoms with van der Waals surface area (Å²) in [5, 5.41) is 15.3. The van der Waals surface area contributed by atoms with Gasteiger partial charge in [0.05, 0.1) is 19.4 Å². The van der Waals surface area contributed by atoms with Gasteiger partial charge < -0.3 is 10.1 Å². The highest BCUT2D eigenvalue weighted by Gasteiger charge is 2.13. The van der Waals surface area contributed by atoms with Gasteiger partial charge in [0.2, 0.25) is 11.1 Å². The molecular formula is C16H23N5O2S. The number of ether oxygens (including phenoxy) is 1. The van der Waals surface area contributed by atoms with Crippen molar-refractivity contribution in [3.63, 3.8) is 0 Å². The van der Waals surface area contributed by atoms with Gasteiger partial charge in [0.15, 0.2) is 0 Å². The average molecular weight is 349 g/mol. The van der Waals surface area contributed by atoms with Crippen LogP contribution in [0.1, 0.15) is 26.3 Å². The lowest BCUT2D eigenvalue weighted by molar-refractivity contribution is -0.119. The maximum absolute atomic E-state index is 12.0. The fourth-order valence-electron chi connectivity index (χ4n) is 1.90. The number of aromatic nitrogens is 4. The van der Waals surface area contributed by atoms with E-state index in [2.05, 4.69) is 34.7 Å². The fraction of sp³-hybridized carbons (Fsp3) is 0.500. The number of benzene rings is 1. The average Bonchev–Trinajstić information content (AvgIpc) is 3.00. The molecule has 8 heteroatoms. The second kappa shape index (κ2) is 8.68. The zero-order valence-electron chi connectivity index (χ0n) is 14.4. The molecule has 0 fully saturated rings. The first-order valence-electron chi connectivity index (χ1n) is 7.81. The van der Waals surface area contributed by atoms with E-state index in [1.807, 2.05) is 31.2 Å². The highest BCUT2D eigenvalue weighted by molar-refractivity contribution is 7.99. The Morgan fingerprint density at radius 2 is 2.00 bits per heavy atom. The number of tetrazole rings is 1. The molecule has 1 N–H and O–H groups in total. The van der Waals surface area contributed by atoms with Gasteiger partial charge in [0.25, 0.3) is 0 Å². The van der Waals surface area contributed by atoms with Crippen molar-refractivity contribution < 1.29 is 9.53 Å². The van der Waals surface area contributed by atoms with Crippen LogP contribution in [0.15, 0.2) is 29.4 Å². The molecule has 0 bridgehead atoms. The van der Waals surface area contributed by atoms with E-state index in [1.54, 1.807) is 11.8 Å². The van der Waals surface area contributed by atoms with E-state index < -0.39 is 0 Å². The van der Waals surface area contributed by atoms with E-state index in [0.717, 1.165) is 11.3 Å². The van der Waals surface area contributed by atoms with Crippen LogP contribution in [-0.2, 0) is 11.3 Å². The number of carbonyl (C=O) groups excluding carboxylic acids is 1. The van der Waals surface area contributed by atoms with Crippen molar-refractivity contribution in [1.82, 2.24) is 25.5 Å². The molecule has 24 heavy (non-hydrogen) atoms. The van der Waals surface area contributed by atoms with Gasteiger partial charge in [-0.15, -0.1) is 5.10 Å². The first-order chi connectivity index (χ1) is 11.5. The Kier molecular flexibility index (Phi) is 6.60. The molecule has 0 radical (unpaired) electrons. The lowest BCUT2D eigenvalue weighted by Crippen LogP contribution is -2.37. The molecule has 1 aromatic heterocycles. The normalized spacial score (nSPS) is 12.2. The minimum Gasteiger partial charge on any atom is -0.497 e. The number of thioether (sulfide) groups is 1. The number of hydrogen-bond donors (Lipinski definition) is 1. The largest absolute Gasteiger partial charge is 0.497 e. The minimum absolute atomic E-state index is 0.0137. The Morgan fingerprint density at radius 3 is 2.62 bits per heavy atom. The molecule has 0 aliphatic heterocycles. The lowest BCUT2D eigenvalue weighted by atomic mass is 10.1. The summed E-state index contributed by atoms with van der Waals surface area (Å²) in [6, 6.07) is 7.87. The van der Waals surface area contributed by atoms with E-state index in [4.69, 9.17) is 4.74 Å². The third kappa shape index (κ3) is 5.23. The van der Waals surface area contributed by atoms with Crippen molar-refractivity contribution in [1.29, 1.82) is 0 Å². The second-order valence-electron chi connectivity index (χ2n) is 5.86. The van der Waals surface area contributed by atoms with Gasteiger partial charge in [-0.2, -0.15) is 0 Å². The molecule has 0 aliphatic carbocycles. The van der Waals surface area contributed by atoms with Crippen LogP contribution in [0, 0.1) is 5.92 Å². The van der Waals surface area contributed by atoms with Crippen molar-refractivity contribution in [2.45, 2.75) is 38.5 Å². The smallest absolute Gasteiger partial charge is 0.230 e. The van der Waals surface area contributed by atoms with Gasteiger partial charge >= 0.3 is 0 Å². The van der Waals surface area contributed by atoms with Crippen LogP contribution in [0.5, 0.6) is 5.75 Å². The third-order valence-electron chi connectivity index (χ3n) is 3.71. The van der Waals surface area contributed by atoms with Crippen LogP contribution in [0.25, 0.3) is 0 Å². The number of hydrogen-bond acceptors (Lipinski definition) is 6. The molecule has 0 saturated heterocycles. The minimum atomic E-state index is -0.0137. The zero-order chi connectivity index (χ0) is 17.5. The van der Waals surface area contributed by atoms with E-state index >= 15 is 0 Å². The molecule has 1 aromatic carbocycles. The number of nitrogens with one attached hydrogen (secondary N) is 1. The number of methoxy groups -OCH3 is 1. The Balaban J connectivity index is 1.91. The number of rotatable bonds is 8. The van der Waals surface area contributed by atoms with Crippen LogP contribution >= 0.6 is 11.8 Å². The van der Waals surface area contributed by atoms with E-state index in [9.17, 15) is 4.79 Å². The van der Waals surface area contributed by atoms with E-state index in [0.29, 0.717) is 23.4 Å². The first-order valence-corrected chi connectivity index (χ1v) is 8.79. The molecule has 1 atom stereocenters. The summed E-state index contributed by atoms with van der Waals surface area (Å²) in [5.41, 5.74) is 1.06. The molecular weight excluding hydrogens is 326 g/mol. The van der Waals surface area contributed by atoms with Crippen molar-refractivity contribution >= 4 is 17.7 Å². The van der Waals surface area contributed by atoms with E-state index in [1.165, 1.54) is 11.8 Å². The van der Waals surface area contributed by atoms with Crippen LogP contribution < -0.4 is 10.1 Å². The number of amides is 1. The van der Waals surface area contributed by atoms with Crippen molar-refractivity contribution in [3.8, 4) is 5.75 Å². The third-order valence-corrected chi connectivity index (χ3v) is 4.67. The number of nitrogens with zero attached hydrogens (tertiary/aromatic N) is 4. The Labute approximate surface area is 146 Å². The molecule has 0 saturated carbocycles. The highest BCUT2D eigenvalue weighted by atomic mass is 32.2. The summed E-state index contributed by atoms with van der Waals surface area (Å²) in [4.78, 5) is 12.0. The summed E-state index contributed by atoms with van der Waals surface area (Å²) < 4.78 is 6.83. The van der Waals surface area contributed by atoms with Crippen LogP contribution in [-0.4, -0.2) is 45.0 Å². The molecule has 0 aliphatic rings. The Bertz CT molecular complexity index is 657. The Morgan fingerprint density at radius 1 is 1.29 bits per heavy atom. The molecule has 1 unspecified atom stereocenters. The molecule has 7 nitrogen and oxygen atoms in total. The maximum Gasteiger partial charge on any atom is 0.230 e. The van der Waals surface area contributed by atoms with Crippen molar-refractivity contribution in [2.24, 2.45) is 5.92 Å². The van der Waals surface area contributed by atoms with Gasteiger partial charge in [0, 0.05) is 6.04 Å². The summed E-state index contributed by atoms with van der Waals surface area (Å²) in [5.74, 6) is 1.49. The second-order valence-corrected chi connectivity index (χ2v) is 6.80. The standard InChI is InChI=1S/C16H23N5O2S/c1-11(2)12(3)17-15(22)10-24-16-18-19-20-21(16)9-13-5-7-14(23-4)8-6-13/h5-8,11-12H,9-10H2,1-4H3,(H,17,22). The lowest BCUT2D eigenvalue weighted by Gasteiger charge is -2.17. The Hall–Kier alpha value is -2.09. The monoisotopic (exact) mass is 349 g/mol. The molecule has 2 rings (SSSR count). The predicted molar refractivity (Wildman–Crippen MR) is 93.1 cm³/mol. The maximum atomic E-state index is 12.0. The summed E-state index contributed by atoms with van der Waals surface area (Å²) in [7, 11) is 1.64. The van der Waals surface area contributed by atoms with Gasteiger partial charge in [-0.05, 0) is 41.0 Å². The number of carbonyl (C=O) groups is 1. The fourth-order valence-corrected chi connectivity index (χ4v) is 2.58. The summed E-state index contributed by atoms with van der Waals surface area (Å²) in [6.07, 6.45) is 0. The highest BCUT2D eigenvalue weighted by Crippen LogP contribution is 2.17. The molecule has 2 aromatic rings. The molecule has 1 heterocycles. The van der Waals surface area contributed by atoms with Crippen LogP contribution in [0.2, 0.25) is 0 Å². The van der Waals surface area contributed by atoms with Gasteiger partial charge in [-0.25, -0.2) is 4.68 Å². The van der Waals surface area contributed by atoms with Crippen molar-refractivity contribution in [3.05, 3.63) is 29.8 Å². The van der Waals surface area contributed by atoms with Gasteiger partial charge in [-0.3, -0.25) is 4.79 Å². The SMILES string of the molecule is COc1ccc(Cn2nnnc2SCC(=O)NC(C)C(C)C)cc1. The van der Waals surface area contributed by atoms with Crippen LogP contribution in [0.3, 0.4) is 0 Å². The predicted octanol–water partition coefficient (Wildman–Crippen LogP) is 1.98. The molecule has 130 valence electrons. The summed E-state index contributed by atoms with van der Waals surface area (Å²) >= 11 is 1.33. The summed E-state index contributed by atoms with van der Waals surface area (Å²) in [6.45, 7) is 6.70. The van der Waals surface area contributed by atoms with E-state index in [-0.39, 0.29) is 11.9 Å². The van der Waals surface area contributed by atoms with Crippen molar-refractivity contribution in [2.75, 3.05) is 12.9 Å².